The van der Waals surface area contributed by atoms with Gasteiger partial charge in [-0.15, -0.1) is 11.8 Å². The van der Waals surface area contributed by atoms with E-state index in [1.807, 2.05) is 37.4 Å². The van der Waals surface area contributed by atoms with Crippen LogP contribution in [0.4, 0.5) is 10.5 Å². The Morgan fingerprint density at radius 2 is 1.83 bits per heavy atom. The minimum absolute atomic E-state index is 0.128. The molecule has 0 spiro atoms. The number of hydrogen-bond donors (Lipinski definition) is 0. The van der Waals surface area contributed by atoms with Crippen LogP contribution in [-0.2, 0) is 4.74 Å². The summed E-state index contributed by atoms with van der Waals surface area (Å²) >= 11 is 1.92. The molecule has 1 amide bonds. The SMILES string of the molecule is CC(C)(C)OC(=O)N1CCC(Oc2cc(N3CCCC3)ccc2C2=CCCS2)CC1. The summed E-state index contributed by atoms with van der Waals surface area (Å²) in [6.07, 6.45) is 7.56. The first-order valence-corrected chi connectivity index (χ1v) is 12.2. The number of hydrogen-bond acceptors (Lipinski definition) is 5. The van der Waals surface area contributed by atoms with Gasteiger partial charge in [0.1, 0.15) is 17.5 Å². The number of allylic oxidation sites excluding steroid dienone is 1. The number of likely N-dealkylation sites (tertiary alicyclic amines) is 1. The molecule has 3 heterocycles. The normalized spacial score (nSPS) is 20.4. The lowest BCUT2D eigenvalue weighted by Gasteiger charge is -2.34. The van der Waals surface area contributed by atoms with Crippen LogP contribution in [0.2, 0.25) is 0 Å². The van der Waals surface area contributed by atoms with Crippen LogP contribution in [0.3, 0.4) is 0 Å². The second kappa shape index (κ2) is 9.13. The summed E-state index contributed by atoms with van der Waals surface area (Å²) in [6, 6.07) is 6.72. The molecule has 164 valence electrons. The average Bonchev–Trinajstić information content (AvgIpc) is 3.41. The van der Waals surface area contributed by atoms with Gasteiger partial charge in [-0.3, -0.25) is 0 Å². The number of carbonyl (C=O) groups excluding carboxylic acids is 1. The highest BCUT2D eigenvalue weighted by Crippen LogP contribution is 2.41. The molecule has 2 fully saturated rings. The predicted molar refractivity (Wildman–Crippen MR) is 124 cm³/mol. The summed E-state index contributed by atoms with van der Waals surface area (Å²) in [5, 5.41) is 0. The number of rotatable bonds is 4. The molecule has 3 aliphatic heterocycles. The number of nitrogens with zero attached hydrogens (tertiary/aromatic N) is 2. The fourth-order valence-electron chi connectivity index (χ4n) is 4.25. The maximum absolute atomic E-state index is 12.3. The zero-order valence-corrected chi connectivity index (χ0v) is 19.3. The molecule has 0 saturated carbocycles. The largest absolute Gasteiger partial charge is 0.490 e. The first-order valence-electron chi connectivity index (χ1n) is 11.3. The molecule has 0 bridgehead atoms. The third-order valence-corrected chi connectivity index (χ3v) is 6.93. The van der Waals surface area contributed by atoms with Crippen LogP contribution in [0.1, 0.15) is 58.4 Å². The Kier molecular flexibility index (Phi) is 6.51. The van der Waals surface area contributed by atoms with Crippen molar-refractivity contribution in [3.8, 4) is 5.75 Å². The number of ether oxygens (including phenoxy) is 2. The van der Waals surface area contributed by atoms with Crippen LogP contribution in [0.15, 0.2) is 24.3 Å². The summed E-state index contributed by atoms with van der Waals surface area (Å²) in [4.78, 5) is 17.9. The monoisotopic (exact) mass is 430 g/mol. The number of thioether (sulfide) groups is 1. The topological polar surface area (TPSA) is 42.0 Å². The van der Waals surface area contributed by atoms with Gasteiger partial charge in [-0.2, -0.15) is 0 Å². The Hall–Kier alpha value is -1.82. The molecule has 3 aliphatic rings. The summed E-state index contributed by atoms with van der Waals surface area (Å²) < 4.78 is 12.1. The molecule has 0 aromatic heterocycles. The van der Waals surface area contributed by atoms with Gasteiger partial charge in [-0.05, 0) is 52.2 Å². The minimum atomic E-state index is -0.456. The van der Waals surface area contributed by atoms with Crippen LogP contribution < -0.4 is 9.64 Å². The summed E-state index contributed by atoms with van der Waals surface area (Å²) in [6.45, 7) is 9.34. The molecule has 5 nitrogen and oxygen atoms in total. The smallest absolute Gasteiger partial charge is 0.410 e. The van der Waals surface area contributed by atoms with E-state index >= 15 is 0 Å². The van der Waals surface area contributed by atoms with Crippen molar-refractivity contribution < 1.29 is 14.3 Å². The third kappa shape index (κ3) is 5.26. The van der Waals surface area contributed by atoms with E-state index in [1.54, 1.807) is 0 Å². The van der Waals surface area contributed by atoms with E-state index in [4.69, 9.17) is 9.47 Å². The van der Waals surface area contributed by atoms with Crippen LogP contribution >= 0.6 is 11.8 Å². The standard InChI is InChI=1S/C24H34N2O3S/c1-24(2,3)29-23(27)26-14-10-19(11-15-26)28-21-17-18(25-12-4-5-13-25)8-9-20(21)22-7-6-16-30-22/h7-9,17,19H,4-6,10-16H2,1-3H3. The van der Waals surface area contributed by atoms with Crippen molar-refractivity contribution >= 4 is 28.4 Å². The lowest BCUT2D eigenvalue weighted by Crippen LogP contribution is -2.44. The number of anilines is 1. The van der Waals surface area contributed by atoms with Gasteiger partial charge in [-0.1, -0.05) is 6.08 Å². The Morgan fingerprint density at radius 1 is 1.10 bits per heavy atom. The van der Waals surface area contributed by atoms with Gasteiger partial charge < -0.3 is 19.3 Å². The molecule has 6 heteroatoms. The molecular weight excluding hydrogens is 396 g/mol. The molecule has 0 radical (unpaired) electrons. The van der Waals surface area contributed by atoms with Gasteiger partial charge in [0.05, 0.1) is 0 Å². The van der Waals surface area contributed by atoms with Crippen LogP contribution in [-0.4, -0.2) is 54.6 Å². The van der Waals surface area contributed by atoms with Crippen molar-refractivity contribution in [2.45, 2.75) is 64.6 Å². The van der Waals surface area contributed by atoms with Crippen LogP contribution in [0.5, 0.6) is 5.75 Å². The summed E-state index contributed by atoms with van der Waals surface area (Å²) in [7, 11) is 0. The Bertz CT molecular complexity index is 788. The molecule has 0 atom stereocenters. The molecule has 0 aliphatic carbocycles. The molecule has 2 saturated heterocycles. The predicted octanol–water partition coefficient (Wildman–Crippen LogP) is 5.54. The number of carbonyl (C=O) groups is 1. The highest BCUT2D eigenvalue weighted by atomic mass is 32.2. The van der Waals surface area contributed by atoms with Gasteiger partial charge in [0.2, 0.25) is 0 Å². The second-order valence-corrected chi connectivity index (χ2v) is 10.5. The molecule has 4 rings (SSSR count). The van der Waals surface area contributed by atoms with E-state index in [0.29, 0.717) is 13.1 Å². The van der Waals surface area contributed by atoms with Gasteiger partial charge in [-0.25, -0.2) is 4.79 Å². The Labute approximate surface area is 184 Å². The van der Waals surface area contributed by atoms with Crippen LogP contribution in [0.25, 0.3) is 4.91 Å². The summed E-state index contributed by atoms with van der Waals surface area (Å²) in [5.41, 5.74) is 2.03. The first kappa shape index (κ1) is 21.4. The quantitative estimate of drug-likeness (QED) is 0.627. The van der Waals surface area contributed by atoms with Crippen molar-refractivity contribution in [3.05, 3.63) is 29.8 Å². The van der Waals surface area contributed by atoms with Gasteiger partial charge in [0, 0.05) is 67.0 Å². The molecule has 0 N–H and O–H groups in total. The van der Waals surface area contributed by atoms with Gasteiger partial charge >= 0.3 is 6.09 Å². The van der Waals surface area contributed by atoms with E-state index in [0.717, 1.165) is 43.9 Å². The maximum Gasteiger partial charge on any atom is 0.410 e. The van der Waals surface area contributed by atoms with E-state index in [9.17, 15) is 4.79 Å². The molecular formula is C24H34N2O3S. The molecule has 1 aromatic rings. The van der Waals surface area contributed by atoms with E-state index in [2.05, 4.69) is 29.2 Å². The fraction of sp³-hybridized carbons (Fsp3) is 0.625. The van der Waals surface area contributed by atoms with Crippen molar-refractivity contribution in [2.24, 2.45) is 0 Å². The number of benzene rings is 1. The number of amides is 1. The Morgan fingerprint density at radius 3 is 2.47 bits per heavy atom. The zero-order valence-electron chi connectivity index (χ0n) is 18.5. The highest BCUT2D eigenvalue weighted by Gasteiger charge is 2.28. The van der Waals surface area contributed by atoms with Crippen molar-refractivity contribution in [3.63, 3.8) is 0 Å². The molecule has 0 unspecified atom stereocenters. The maximum atomic E-state index is 12.3. The van der Waals surface area contributed by atoms with Gasteiger partial charge in [0.25, 0.3) is 0 Å². The van der Waals surface area contributed by atoms with Crippen molar-refractivity contribution in [1.82, 2.24) is 4.90 Å². The summed E-state index contributed by atoms with van der Waals surface area (Å²) in [5.74, 6) is 2.15. The first-order chi connectivity index (χ1) is 14.4. The fourth-order valence-corrected chi connectivity index (χ4v) is 5.27. The second-order valence-electron chi connectivity index (χ2n) is 9.36. The van der Waals surface area contributed by atoms with E-state index in [1.165, 1.54) is 29.0 Å². The minimum Gasteiger partial charge on any atom is -0.490 e. The van der Waals surface area contributed by atoms with Crippen molar-refractivity contribution in [1.29, 1.82) is 0 Å². The van der Waals surface area contributed by atoms with E-state index in [-0.39, 0.29) is 12.2 Å². The van der Waals surface area contributed by atoms with Crippen LogP contribution in [0, 0.1) is 0 Å². The van der Waals surface area contributed by atoms with Gasteiger partial charge in [0.15, 0.2) is 0 Å². The Balaban J connectivity index is 1.44. The number of piperidine rings is 1. The third-order valence-electron chi connectivity index (χ3n) is 5.79. The molecule has 30 heavy (non-hydrogen) atoms. The van der Waals surface area contributed by atoms with E-state index < -0.39 is 5.60 Å². The zero-order chi connectivity index (χ0) is 21.1. The lowest BCUT2D eigenvalue weighted by molar-refractivity contribution is 0.0126. The highest BCUT2D eigenvalue weighted by molar-refractivity contribution is 8.08. The molecule has 1 aromatic carbocycles. The van der Waals surface area contributed by atoms with Crippen molar-refractivity contribution in [2.75, 3.05) is 36.8 Å². The average molecular weight is 431 g/mol. The lowest BCUT2D eigenvalue weighted by atomic mass is 10.1.